The third kappa shape index (κ3) is 4.15. The van der Waals surface area contributed by atoms with Crippen molar-refractivity contribution < 1.29 is 19.2 Å². The molecular weight excluding hydrogens is 368 g/mol. The second-order valence-electron chi connectivity index (χ2n) is 5.65. The Labute approximate surface area is 158 Å². The summed E-state index contributed by atoms with van der Waals surface area (Å²) in [6, 6.07) is 10.5. The number of aryl methyl sites for hydroxylation is 1. The zero-order valence-electron chi connectivity index (χ0n) is 14.6. The molecule has 3 aromatic rings. The van der Waals surface area contributed by atoms with E-state index in [4.69, 9.17) is 4.74 Å². The lowest BCUT2D eigenvalue weighted by atomic mass is 10.2. The van der Waals surface area contributed by atoms with Crippen LogP contribution in [-0.4, -0.2) is 43.6 Å². The Morgan fingerprint density at radius 2 is 2.04 bits per heavy atom. The average Bonchev–Trinajstić information content (AvgIpc) is 3.22. The Kier molecular flexibility index (Phi) is 5.35. The van der Waals surface area contributed by atoms with Gasteiger partial charge in [-0.1, -0.05) is 12.1 Å². The lowest BCUT2D eigenvalue weighted by molar-refractivity contribution is -0.384. The molecule has 0 spiro atoms. The molecule has 1 heterocycles. The fourth-order valence-electron chi connectivity index (χ4n) is 2.41. The number of ether oxygens (including phenoxy) is 1. The molecule has 11 nitrogen and oxygen atoms in total. The van der Waals surface area contributed by atoms with E-state index in [-0.39, 0.29) is 11.3 Å². The van der Waals surface area contributed by atoms with Crippen LogP contribution in [0.25, 0.3) is 5.69 Å². The van der Waals surface area contributed by atoms with Crippen LogP contribution in [-0.2, 0) is 9.53 Å². The van der Waals surface area contributed by atoms with E-state index in [0.29, 0.717) is 16.9 Å². The summed E-state index contributed by atoms with van der Waals surface area (Å²) in [4.78, 5) is 34.7. The minimum absolute atomic E-state index is 0.0823. The molecule has 0 fully saturated rings. The van der Waals surface area contributed by atoms with Crippen LogP contribution in [0.2, 0.25) is 0 Å². The predicted molar refractivity (Wildman–Crippen MR) is 95.9 cm³/mol. The summed E-state index contributed by atoms with van der Waals surface area (Å²) in [5.74, 6) is -1.30. The number of nitro groups is 1. The van der Waals surface area contributed by atoms with Crippen LogP contribution in [0, 0.1) is 17.0 Å². The van der Waals surface area contributed by atoms with Gasteiger partial charge in [0.1, 0.15) is 6.33 Å². The summed E-state index contributed by atoms with van der Waals surface area (Å²) in [5.41, 5.74) is 1.41. The molecule has 0 unspecified atom stereocenters. The number of carbonyl (C=O) groups is 2. The summed E-state index contributed by atoms with van der Waals surface area (Å²) >= 11 is 0. The van der Waals surface area contributed by atoms with Crippen molar-refractivity contribution in [3.05, 3.63) is 70.0 Å². The number of nitro benzene ring substituents is 1. The highest BCUT2D eigenvalue weighted by Gasteiger charge is 2.17. The molecule has 0 atom stereocenters. The minimum atomic E-state index is -0.721. The van der Waals surface area contributed by atoms with E-state index in [9.17, 15) is 19.7 Å². The smallest absolute Gasteiger partial charge is 0.340 e. The van der Waals surface area contributed by atoms with Gasteiger partial charge in [0.15, 0.2) is 6.61 Å². The van der Waals surface area contributed by atoms with Gasteiger partial charge in [-0.15, -0.1) is 5.10 Å². The van der Waals surface area contributed by atoms with Crippen molar-refractivity contribution in [2.75, 3.05) is 11.9 Å². The van der Waals surface area contributed by atoms with Crippen molar-refractivity contribution >= 4 is 23.3 Å². The van der Waals surface area contributed by atoms with Crippen LogP contribution in [0.5, 0.6) is 0 Å². The molecule has 3 rings (SSSR count). The topological polar surface area (TPSA) is 142 Å². The van der Waals surface area contributed by atoms with E-state index in [1.807, 2.05) is 0 Å². The van der Waals surface area contributed by atoms with E-state index in [2.05, 4.69) is 20.8 Å². The number of rotatable bonds is 6. The molecule has 1 aromatic heterocycles. The first kappa shape index (κ1) is 18.6. The number of anilines is 1. The van der Waals surface area contributed by atoms with Gasteiger partial charge in [0.2, 0.25) is 0 Å². The number of carbonyl (C=O) groups excluding carboxylic acids is 2. The first-order valence-electron chi connectivity index (χ1n) is 8.00. The third-order valence-electron chi connectivity index (χ3n) is 3.75. The van der Waals surface area contributed by atoms with Gasteiger partial charge in [-0.05, 0) is 41.1 Å². The summed E-state index contributed by atoms with van der Waals surface area (Å²) in [5, 5.41) is 24.1. The third-order valence-corrected chi connectivity index (χ3v) is 3.75. The van der Waals surface area contributed by atoms with Gasteiger partial charge >= 0.3 is 5.97 Å². The van der Waals surface area contributed by atoms with Crippen LogP contribution in [0.4, 0.5) is 11.4 Å². The monoisotopic (exact) mass is 382 g/mol. The number of hydrogen-bond donors (Lipinski definition) is 1. The number of benzene rings is 2. The van der Waals surface area contributed by atoms with Gasteiger partial charge in [0, 0.05) is 17.8 Å². The molecule has 0 bridgehead atoms. The number of non-ortho nitro benzene ring substituents is 1. The predicted octanol–water partition coefficient (Wildman–Crippen LogP) is 1.67. The molecule has 1 amide bonds. The number of nitrogens with one attached hydrogen (secondary N) is 1. The number of aromatic nitrogens is 4. The SMILES string of the molecule is Cc1cc([N+](=O)[O-])ccc1NC(=O)COC(=O)c1ccccc1-n1cnnn1. The number of hydrogen-bond acceptors (Lipinski definition) is 8. The molecule has 0 aliphatic heterocycles. The highest BCUT2D eigenvalue weighted by Crippen LogP contribution is 2.21. The van der Waals surface area contributed by atoms with E-state index < -0.39 is 23.4 Å². The van der Waals surface area contributed by atoms with Crippen molar-refractivity contribution in [3.8, 4) is 5.69 Å². The highest BCUT2D eigenvalue weighted by molar-refractivity contribution is 5.97. The summed E-state index contributed by atoms with van der Waals surface area (Å²) in [7, 11) is 0. The molecule has 0 aliphatic rings. The molecule has 28 heavy (non-hydrogen) atoms. The fourth-order valence-corrected chi connectivity index (χ4v) is 2.41. The zero-order chi connectivity index (χ0) is 20.1. The Bertz CT molecular complexity index is 1030. The molecule has 142 valence electrons. The van der Waals surface area contributed by atoms with Crippen molar-refractivity contribution in [2.45, 2.75) is 6.92 Å². The fraction of sp³-hybridized carbons (Fsp3) is 0.118. The summed E-state index contributed by atoms with van der Waals surface area (Å²) < 4.78 is 6.36. The first-order chi connectivity index (χ1) is 13.5. The van der Waals surface area contributed by atoms with Crippen molar-refractivity contribution in [1.29, 1.82) is 0 Å². The summed E-state index contributed by atoms with van der Waals surface area (Å²) in [6.45, 7) is 1.09. The van der Waals surface area contributed by atoms with E-state index in [1.54, 1.807) is 25.1 Å². The van der Waals surface area contributed by atoms with Gasteiger partial charge in [-0.25, -0.2) is 4.79 Å². The quantitative estimate of drug-likeness (QED) is 0.385. The molecular formula is C17H14N6O5. The van der Waals surface area contributed by atoms with E-state index in [1.165, 1.54) is 35.3 Å². The molecule has 2 aromatic carbocycles. The van der Waals surface area contributed by atoms with Crippen LogP contribution in [0.1, 0.15) is 15.9 Å². The Morgan fingerprint density at radius 3 is 2.71 bits per heavy atom. The second-order valence-corrected chi connectivity index (χ2v) is 5.65. The van der Waals surface area contributed by atoms with Crippen molar-refractivity contribution in [1.82, 2.24) is 20.2 Å². The van der Waals surface area contributed by atoms with E-state index >= 15 is 0 Å². The molecule has 0 saturated carbocycles. The van der Waals surface area contributed by atoms with Gasteiger partial charge in [-0.2, -0.15) is 4.68 Å². The standard InChI is InChI=1S/C17H14N6O5/c1-11-8-12(23(26)27)6-7-14(11)19-16(24)9-28-17(25)13-4-2-3-5-15(13)22-10-18-20-21-22/h2-8,10H,9H2,1H3,(H,19,24). The number of tetrazole rings is 1. The van der Waals surface area contributed by atoms with E-state index in [0.717, 1.165) is 0 Å². The van der Waals surface area contributed by atoms with Crippen LogP contribution in [0.3, 0.4) is 0 Å². The molecule has 0 aliphatic carbocycles. The number of amides is 1. The molecule has 11 heteroatoms. The lowest BCUT2D eigenvalue weighted by Crippen LogP contribution is -2.22. The van der Waals surface area contributed by atoms with Crippen molar-refractivity contribution in [2.24, 2.45) is 0 Å². The number of para-hydroxylation sites is 1. The van der Waals surface area contributed by atoms with Gasteiger partial charge in [0.25, 0.3) is 11.6 Å². The largest absolute Gasteiger partial charge is 0.452 e. The first-order valence-corrected chi connectivity index (χ1v) is 8.00. The molecule has 0 radical (unpaired) electrons. The van der Waals surface area contributed by atoms with Crippen LogP contribution < -0.4 is 5.32 Å². The van der Waals surface area contributed by atoms with Gasteiger partial charge in [-0.3, -0.25) is 14.9 Å². The summed E-state index contributed by atoms with van der Waals surface area (Å²) in [6.07, 6.45) is 1.33. The normalized spacial score (nSPS) is 10.3. The van der Waals surface area contributed by atoms with Gasteiger partial charge < -0.3 is 10.1 Å². The Balaban J connectivity index is 1.64. The highest BCUT2D eigenvalue weighted by atomic mass is 16.6. The number of nitrogens with zero attached hydrogens (tertiary/aromatic N) is 5. The number of esters is 1. The minimum Gasteiger partial charge on any atom is -0.452 e. The second kappa shape index (κ2) is 8.03. The average molecular weight is 382 g/mol. The molecule has 0 saturated heterocycles. The molecule has 1 N–H and O–H groups in total. The zero-order valence-corrected chi connectivity index (χ0v) is 14.6. The van der Waals surface area contributed by atoms with Crippen LogP contribution in [0.15, 0.2) is 48.8 Å². The maximum atomic E-state index is 12.3. The van der Waals surface area contributed by atoms with Gasteiger partial charge in [0.05, 0.1) is 16.2 Å². The Hall–Kier alpha value is -4.15. The van der Waals surface area contributed by atoms with Crippen molar-refractivity contribution in [3.63, 3.8) is 0 Å². The maximum Gasteiger partial charge on any atom is 0.340 e. The lowest BCUT2D eigenvalue weighted by Gasteiger charge is -2.10. The Morgan fingerprint density at radius 1 is 1.25 bits per heavy atom. The maximum absolute atomic E-state index is 12.3. The van der Waals surface area contributed by atoms with Crippen LogP contribution >= 0.6 is 0 Å².